The van der Waals surface area contributed by atoms with E-state index in [1.54, 1.807) is 17.4 Å². The van der Waals surface area contributed by atoms with Gasteiger partial charge in [-0.2, -0.15) is 17.0 Å². The Hall–Kier alpha value is -2.22. The fourth-order valence-corrected chi connectivity index (χ4v) is 5.01. The Morgan fingerprint density at radius 2 is 1.86 bits per heavy atom. The van der Waals surface area contributed by atoms with Gasteiger partial charge in [0, 0.05) is 26.7 Å². The van der Waals surface area contributed by atoms with Crippen molar-refractivity contribution in [3.8, 4) is 0 Å². The number of hydrogen-bond acceptors (Lipinski definition) is 4. The third kappa shape index (κ3) is 4.79. The van der Waals surface area contributed by atoms with Gasteiger partial charge < -0.3 is 4.74 Å². The maximum atomic E-state index is 12.9. The second kappa shape index (κ2) is 8.86. The minimum Gasteiger partial charge on any atom is -0.465 e. The average Bonchev–Trinajstić information content (AvgIpc) is 3.17. The van der Waals surface area contributed by atoms with Crippen LogP contribution in [0.2, 0.25) is 0 Å². The van der Waals surface area contributed by atoms with E-state index < -0.39 is 10.2 Å². The zero-order valence-electron chi connectivity index (χ0n) is 16.2. The molecule has 7 heteroatoms. The fourth-order valence-electron chi connectivity index (χ4n) is 3.57. The highest BCUT2D eigenvalue weighted by atomic mass is 32.2. The lowest BCUT2D eigenvalue weighted by atomic mass is 9.97. The minimum absolute atomic E-state index is 0.229. The second-order valence-corrected chi connectivity index (χ2v) is 9.19. The number of rotatable bonds is 7. The normalized spacial score (nSPS) is 17.8. The largest absolute Gasteiger partial charge is 0.465 e. The predicted molar refractivity (Wildman–Crippen MR) is 108 cm³/mol. The van der Waals surface area contributed by atoms with Crippen LogP contribution in [0.25, 0.3) is 0 Å². The first-order valence-corrected chi connectivity index (χ1v) is 10.7. The van der Waals surface area contributed by atoms with Gasteiger partial charge >= 0.3 is 5.97 Å². The molecule has 1 atom stereocenters. The molecule has 1 aliphatic heterocycles. The first-order chi connectivity index (χ1) is 13.4. The highest BCUT2D eigenvalue weighted by molar-refractivity contribution is 7.86. The van der Waals surface area contributed by atoms with E-state index >= 15 is 0 Å². The van der Waals surface area contributed by atoms with Crippen LogP contribution in [0.15, 0.2) is 54.6 Å². The van der Waals surface area contributed by atoms with Gasteiger partial charge in [0.05, 0.1) is 12.7 Å². The molecule has 0 saturated carbocycles. The highest BCUT2D eigenvalue weighted by Crippen LogP contribution is 2.25. The van der Waals surface area contributed by atoms with Crippen LogP contribution in [0.1, 0.15) is 27.9 Å². The van der Waals surface area contributed by atoms with Crippen LogP contribution in [-0.4, -0.2) is 50.2 Å². The van der Waals surface area contributed by atoms with Crippen LogP contribution in [0.5, 0.6) is 0 Å². The van der Waals surface area contributed by atoms with Crippen LogP contribution in [0.4, 0.5) is 0 Å². The predicted octanol–water partition coefficient (Wildman–Crippen LogP) is 2.71. The van der Waals surface area contributed by atoms with Crippen molar-refractivity contribution in [2.75, 3.05) is 27.2 Å². The van der Waals surface area contributed by atoms with Crippen LogP contribution < -0.4 is 0 Å². The summed E-state index contributed by atoms with van der Waals surface area (Å²) < 4.78 is 33.5. The number of carbonyl (C=O) groups is 1. The molecule has 1 unspecified atom stereocenters. The number of carbonyl (C=O) groups excluding carboxylic acids is 1. The van der Waals surface area contributed by atoms with Crippen molar-refractivity contribution in [2.45, 2.75) is 19.4 Å². The molecule has 0 N–H and O–H groups in total. The molecule has 2 aromatic rings. The third-order valence-corrected chi connectivity index (χ3v) is 6.99. The average molecular weight is 403 g/mol. The Morgan fingerprint density at radius 1 is 1.14 bits per heavy atom. The van der Waals surface area contributed by atoms with Crippen molar-refractivity contribution < 1.29 is 17.9 Å². The summed E-state index contributed by atoms with van der Waals surface area (Å²) in [4.78, 5) is 11.7. The minimum atomic E-state index is -3.50. The number of ether oxygens (including phenoxy) is 1. The molecule has 0 aliphatic carbocycles. The van der Waals surface area contributed by atoms with Gasteiger partial charge in [0.15, 0.2) is 0 Å². The molecule has 1 aliphatic rings. The highest BCUT2D eigenvalue weighted by Gasteiger charge is 2.34. The van der Waals surface area contributed by atoms with Crippen molar-refractivity contribution in [1.82, 2.24) is 8.61 Å². The maximum Gasteiger partial charge on any atom is 0.337 e. The maximum absolute atomic E-state index is 12.9. The van der Waals surface area contributed by atoms with Crippen LogP contribution >= 0.6 is 0 Å². The lowest BCUT2D eigenvalue weighted by Gasteiger charge is -2.24. The molecular weight excluding hydrogens is 376 g/mol. The van der Waals surface area contributed by atoms with E-state index in [9.17, 15) is 13.2 Å². The van der Waals surface area contributed by atoms with Gasteiger partial charge in [0.1, 0.15) is 0 Å². The summed E-state index contributed by atoms with van der Waals surface area (Å²) in [6, 6.07) is 16.9. The van der Waals surface area contributed by atoms with E-state index in [2.05, 4.69) is 0 Å². The molecule has 2 aromatic carbocycles. The lowest BCUT2D eigenvalue weighted by Crippen LogP contribution is -2.40. The Balaban J connectivity index is 1.62. The van der Waals surface area contributed by atoms with Gasteiger partial charge in [0.2, 0.25) is 0 Å². The molecule has 6 nitrogen and oxygen atoms in total. The van der Waals surface area contributed by atoms with Gasteiger partial charge in [-0.25, -0.2) is 4.79 Å². The van der Waals surface area contributed by atoms with E-state index in [-0.39, 0.29) is 11.9 Å². The summed E-state index contributed by atoms with van der Waals surface area (Å²) in [5.74, 6) is -0.132. The smallest absolute Gasteiger partial charge is 0.337 e. The molecule has 3 rings (SSSR count). The van der Waals surface area contributed by atoms with E-state index in [0.717, 1.165) is 24.0 Å². The SMILES string of the molecule is COC(=O)c1cccc(CC2CCN(S(=O)(=O)N(C)Cc3ccccc3)C2)c1. The van der Waals surface area contributed by atoms with Gasteiger partial charge in [-0.1, -0.05) is 42.5 Å². The molecule has 28 heavy (non-hydrogen) atoms. The molecule has 0 radical (unpaired) electrons. The molecule has 0 bridgehead atoms. The van der Waals surface area contributed by atoms with Gasteiger partial charge in [-0.3, -0.25) is 0 Å². The summed E-state index contributed by atoms with van der Waals surface area (Å²) in [6.07, 6.45) is 1.54. The van der Waals surface area contributed by atoms with Gasteiger partial charge in [-0.15, -0.1) is 0 Å². The van der Waals surface area contributed by atoms with E-state index in [1.807, 2.05) is 48.5 Å². The molecule has 150 valence electrons. The quantitative estimate of drug-likeness (QED) is 0.668. The Kier molecular flexibility index (Phi) is 6.49. The molecule has 0 aromatic heterocycles. The Bertz CT molecular complexity index is 915. The van der Waals surface area contributed by atoms with Crippen LogP contribution in [0, 0.1) is 5.92 Å². The summed E-state index contributed by atoms with van der Waals surface area (Å²) in [5.41, 5.74) is 2.50. The van der Waals surface area contributed by atoms with E-state index in [0.29, 0.717) is 25.2 Å². The Morgan fingerprint density at radius 3 is 2.57 bits per heavy atom. The number of nitrogens with zero attached hydrogens (tertiary/aromatic N) is 2. The third-order valence-electron chi connectivity index (χ3n) is 5.09. The number of methoxy groups -OCH3 is 1. The van der Waals surface area contributed by atoms with Crippen molar-refractivity contribution >= 4 is 16.2 Å². The monoisotopic (exact) mass is 402 g/mol. The molecule has 1 fully saturated rings. The van der Waals surface area contributed by atoms with Crippen LogP contribution in [-0.2, 0) is 27.9 Å². The summed E-state index contributed by atoms with van der Waals surface area (Å²) in [7, 11) is -0.513. The van der Waals surface area contributed by atoms with Crippen LogP contribution in [0.3, 0.4) is 0 Å². The standard InChI is InChI=1S/C21H26N2O4S/c1-22(15-17-7-4-3-5-8-17)28(25,26)23-12-11-19(16-23)13-18-9-6-10-20(14-18)21(24)27-2/h3-10,14,19H,11-13,15-16H2,1-2H3. The lowest BCUT2D eigenvalue weighted by molar-refractivity contribution is 0.0600. The van der Waals surface area contributed by atoms with Gasteiger partial charge in [0.25, 0.3) is 10.2 Å². The van der Waals surface area contributed by atoms with E-state index in [4.69, 9.17) is 4.74 Å². The number of benzene rings is 2. The van der Waals surface area contributed by atoms with Crippen molar-refractivity contribution in [3.05, 3.63) is 71.3 Å². The fraction of sp³-hybridized carbons (Fsp3) is 0.381. The number of hydrogen-bond donors (Lipinski definition) is 0. The van der Waals surface area contributed by atoms with Crippen molar-refractivity contribution in [3.63, 3.8) is 0 Å². The molecule has 1 heterocycles. The first-order valence-electron chi connectivity index (χ1n) is 9.32. The van der Waals surface area contributed by atoms with Crippen molar-refractivity contribution in [2.24, 2.45) is 5.92 Å². The molecule has 0 spiro atoms. The molecular formula is C21H26N2O4S. The zero-order chi connectivity index (χ0) is 20.1. The summed E-state index contributed by atoms with van der Waals surface area (Å²) >= 11 is 0. The topological polar surface area (TPSA) is 66.9 Å². The van der Waals surface area contributed by atoms with Gasteiger partial charge in [-0.05, 0) is 42.0 Å². The van der Waals surface area contributed by atoms with Crippen molar-refractivity contribution in [1.29, 1.82) is 0 Å². The first kappa shape index (κ1) is 20.5. The second-order valence-electron chi connectivity index (χ2n) is 7.16. The Labute approximate surface area is 166 Å². The summed E-state index contributed by atoms with van der Waals surface area (Å²) in [6.45, 7) is 1.36. The zero-order valence-corrected chi connectivity index (χ0v) is 17.1. The summed E-state index contributed by atoms with van der Waals surface area (Å²) in [5, 5.41) is 0. The molecule has 1 saturated heterocycles. The van der Waals surface area contributed by atoms with E-state index in [1.165, 1.54) is 11.4 Å². The number of esters is 1. The molecule has 0 amide bonds.